The summed E-state index contributed by atoms with van der Waals surface area (Å²) in [5.41, 5.74) is 0. The van der Waals surface area contributed by atoms with E-state index in [0.717, 1.165) is 13.0 Å². The summed E-state index contributed by atoms with van der Waals surface area (Å²) in [6.45, 7) is 10.0. The minimum Gasteiger partial charge on any atom is -0.382 e. The van der Waals surface area contributed by atoms with E-state index in [1.54, 1.807) is 7.11 Å². The Hall–Kier alpha value is -0.0800. The molecule has 0 saturated carbocycles. The molecule has 0 spiro atoms. The standard InChI is InChI=1S/C12H27NO/c1-6-9-13-12(10(2)3)8-7-11(4)14-5/h10-13H,6-9H2,1-5H3. The average molecular weight is 201 g/mol. The van der Waals surface area contributed by atoms with Crippen molar-refractivity contribution in [1.29, 1.82) is 0 Å². The molecule has 0 aromatic heterocycles. The summed E-state index contributed by atoms with van der Waals surface area (Å²) in [7, 11) is 1.79. The molecule has 0 aromatic rings. The summed E-state index contributed by atoms with van der Waals surface area (Å²) in [6, 6.07) is 0.646. The van der Waals surface area contributed by atoms with Gasteiger partial charge >= 0.3 is 0 Å². The fourth-order valence-corrected chi connectivity index (χ4v) is 1.53. The van der Waals surface area contributed by atoms with Gasteiger partial charge in [0.15, 0.2) is 0 Å². The van der Waals surface area contributed by atoms with Gasteiger partial charge in [0.2, 0.25) is 0 Å². The van der Waals surface area contributed by atoms with Crippen LogP contribution in [0.15, 0.2) is 0 Å². The highest BCUT2D eigenvalue weighted by Gasteiger charge is 2.13. The zero-order valence-electron chi connectivity index (χ0n) is 10.5. The van der Waals surface area contributed by atoms with Gasteiger partial charge in [-0.25, -0.2) is 0 Å². The lowest BCUT2D eigenvalue weighted by atomic mass is 9.98. The third-order valence-corrected chi connectivity index (χ3v) is 2.75. The monoisotopic (exact) mass is 201 g/mol. The van der Waals surface area contributed by atoms with E-state index in [4.69, 9.17) is 4.74 Å². The smallest absolute Gasteiger partial charge is 0.0543 e. The maximum atomic E-state index is 5.26. The van der Waals surface area contributed by atoms with Crippen LogP contribution in [0, 0.1) is 5.92 Å². The van der Waals surface area contributed by atoms with Crippen LogP contribution >= 0.6 is 0 Å². The zero-order chi connectivity index (χ0) is 11.0. The van der Waals surface area contributed by atoms with E-state index in [2.05, 4.69) is 33.0 Å². The Bertz CT molecular complexity index is 125. The molecule has 0 aliphatic heterocycles. The van der Waals surface area contributed by atoms with Gasteiger partial charge in [-0.2, -0.15) is 0 Å². The number of hydrogen-bond donors (Lipinski definition) is 1. The molecule has 2 atom stereocenters. The second kappa shape index (κ2) is 8.25. The Morgan fingerprint density at radius 3 is 2.21 bits per heavy atom. The number of methoxy groups -OCH3 is 1. The fourth-order valence-electron chi connectivity index (χ4n) is 1.53. The van der Waals surface area contributed by atoms with Crippen LogP contribution in [0.3, 0.4) is 0 Å². The first-order chi connectivity index (χ1) is 6.61. The first-order valence-electron chi connectivity index (χ1n) is 5.88. The maximum Gasteiger partial charge on any atom is 0.0543 e. The maximum absolute atomic E-state index is 5.26. The third-order valence-electron chi connectivity index (χ3n) is 2.75. The van der Waals surface area contributed by atoms with E-state index >= 15 is 0 Å². The molecular formula is C12H27NO. The normalized spacial score (nSPS) is 15.9. The summed E-state index contributed by atoms with van der Waals surface area (Å²) in [4.78, 5) is 0. The van der Waals surface area contributed by atoms with Crippen molar-refractivity contribution in [3.63, 3.8) is 0 Å². The molecule has 0 heterocycles. The first kappa shape index (κ1) is 13.9. The SMILES string of the molecule is CCCNC(CCC(C)OC)C(C)C. The van der Waals surface area contributed by atoms with Gasteiger partial charge in [-0.05, 0) is 38.6 Å². The lowest BCUT2D eigenvalue weighted by molar-refractivity contribution is 0.104. The van der Waals surface area contributed by atoms with E-state index < -0.39 is 0 Å². The Morgan fingerprint density at radius 1 is 1.14 bits per heavy atom. The van der Waals surface area contributed by atoms with Gasteiger partial charge in [0.05, 0.1) is 6.10 Å². The molecule has 2 heteroatoms. The Balaban J connectivity index is 3.73. The van der Waals surface area contributed by atoms with Gasteiger partial charge in [0.25, 0.3) is 0 Å². The van der Waals surface area contributed by atoms with Gasteiger partial charge in [-0.1, -0.05) is 20.8 Å². The first-order valence-corrected chi connectivity index (χ1v) is 5.88. The van der Waals surface area contributed by atoms with Crippen molar-refractivity contribution in [2.24, 2.45) is 5.92 Å². The van der Waals surface area contributed by atoms with Crippen molar-refractivity contribution in [2.75, 3.05) is 13.7 Å². The number of rotatable bonds is 8. The van der Waals surface area contributed by atoms with Crippen LogP contribution in [0.2, 0.25) is 0 Å². The molecule has 0 aliphatic carbocycles. The lowest BCUT2D eigenvalue weighted by Crippen LogP contribution is -2.35. The summed E-state index contributed by atoms with van der Waals surface area (Å²) >= 11 is 0. The molecule has 0 saturated heterocycles. The highest BCUT2D eigenvalue weighted by molar-refractivity contribution is 4.71. The minimum atomic E-state index is 0.389. The van der Waals surface area contributed by atoms with Crippen molar-refractivity contribution in [3.05, 3.63) is 0 Å². The van der Waals surface area contributed by atoms with Crippen LogP contribution in [-0.4, -0.2) is 25.8 Å². The summed E-state index contributed by atoms with van der Waals surface area (Å²) in [5, 5.41) is 3.59. The number of ether oxygens (including phenoxy) is 1. The summed E-state index contributed by atoms with van der Waals surface area (Å²) < 4.78 is 5.26. The van der Waals surface area contributed by atoms with Crippen molar-refractivity contribution >= 4 is 0 Å². The molecule has 0 fully saturated rings. The molecular weight excluding hydrogens is 174 g/mol. The Kier molecular flexibility index (Phi) is 8.20. The van der Waals surface area contributed by atoms with Gasteiger partial charge < -0.3 is 10.1 Å². The largest absolute Gasteiger partial charge is 0.382 e. The number of nitrogens with one attached hydrogen (secondary N) is 1. The van der Waals surface area contributed by atoms with Crippen LogP contribution < -0.4 is 5.32 Å². The van der Waals surface area contributed by atoms with Crippen molar-refractivity contribution < 1.29 is 4.74 Å². The topological polar surface area (TPSA) is 21.3 Å². The Morgan fingerprint density at radius 2 is 1.79 bits per heavy atom. The van der Waals surface area contributed by atoms with E-state index in [9.17, 15) is 0 Å². The van der Waals surface area contributed by atoms with Crippen LogP contribution in [0.1, 0.15) is 47.0 Å². The minimum absolute atomic E-state index is 0.389. The predicted octanol–water partition coefficient (Wildman–Crippen LogP) is 2.83. The second-order valence-electron chi connectivity index (χ2n) is 4.43. The van der Waals surface area contributed by atoms with Gasteiger partial charge in [-0.3, -0.25) is 0 Å². The van der Waals surface area contributed by atoms with Crippen LogP contribution in [0.25, 0.3) is 0 Å². The van der Waals surface area contributed by atoms with Crippen LogP contribution in [0.4, 0.5) is 0 Å². The molecule has 1 N–H and O–H groups in total. The summed E-state index contributed by atoms with van der Waals surface area (Å²) in [6.07, 6.45) is 3.96. The Labute approximate surface area is 89.4 Å². The highest BCUT2D eigenvalue weighted by Crippen LogP contribution is 2.11. The van der Waals surface area contributed by atoms with Gasteiger partial charge in [0, 0.05) is 13.2 Å². The highest BCUT2D eigenvalue weighted by atomic mass is 16.5. The summed E-state index contributed by atoms with van der Waals surface area (Å²) in [5.74, 6) is 0.714. The lowest BCUT2D eigenvalue weighted by Gasteiger charge is -2.23. The van der Waals surface area contributed by atoms with Crippen molar-refractivity contribution in [2.45, 2.75) is 59.1 Å². The van der Waals surface area contributed by atoms with E-state index in [-0.39, 0.29) is 0 Å². The van der Waals surface area contributed by atoms with Gasteiger partial charge in [0.1, 0.15) is 0 Å². The van der Waals surface area contributed by atoms with Crippen molar-refractivity contribution in [3.8, 4) is 0 Å². The third kappa shape index (κ3) is 6.39. The molecule has 86 valence electrons. The molecule has 2 nitrogen and oxygen atoms in total. The van der Waals surface area contributed by atoms with Gasteiger partial charge in [-0.15, -0.1) is 0 Å². The molecule has 14 heavy (non-hydrogen) atoms. The fraction of sp³-hybridized carbons (Fsp3) is 1.00. The van der Waals surface area contributed by atoms with Crippen LogP contribution in [-0.2, 0) is 4.74 Å². The molecule has 0 bridgehead atoms. The van der Waals surface area contributed by atoms with E-state index in [0.29, 0.717) is 18.1 Å². The number of hydrogen-bond acceptors (Lipinski definition) is 2. The molecule has 0 aromatic carbocycles. The second-order valence-corrected chi connectivity index (χ2v) is 4.43. The van der Waals surface area contributed by atoms with E-state index in [1.807, 2.05) is 0 Å². The average Bonchev–Trinajstić information content (AvgIpc) is 2.16. The molecule has 0 aliphatic rings. The quantitative estimate of drug-likeness (QED) is 0.652. The van der Waals surface area contributed by atoms with Crippen molar-refractivity contribution in [1.82, 2.24) is 5.32 Å². The molecule has 0 amide bonds. The van der Waals surface area contributed by atoms with Crippen LogP contribution in [0.5, 0.6) is 0 Å². The molecule has 0 rings (SSSR count). The zero-order valence-corrected chi connectivity index (χ0v) is 10.5. The predicted molar refractivity (Wildman–Crippen MR) is 62.6 cm³/mol. The molecule has 0 radical (unpaired) electrons. The van der Waals surface area contributed by atoms with E-state index in [1.165, 1.54) is 12.8 Å². The molecule has 2 unspecified atom stereocenters.